The normalized spacial score (nSPS) is 13.9. The highest BCUT2D eigenvalue weighted by Gasteiger charge is 2.27. The van der Waals surface area contributed by atoms with E-state index < -0.39 is 11.9 Å². The van der Waals surface area contributed by atoms with Gasteiger partial charge in [-0.1, -0.05) is 49.9 Å². The van der Waals surface area contributed by atoms with Gasteiger partial charge in [-0.15, -0.1) is 28.1 Å². The van der Waals surface area contributed by atoms with Gasteiger partial charge in [0.2, 0.25) is 5.91 Å². The van der Waals surface area contributed by atoms with Gasteiger partial charge < -0.3 is 19.4 Å². The Morgan fingerprint density at radius 2 is 1.83 bits per heavy atom. The first kappa shape index (κ1) is 27.9. The quantitative estimate of drug-likeness (QED) is 0.229. The molecule has 2 aromatic rings. The maximum absolute atomic E-state index is 12.9. The van der Waals surface area contributed by atoms with Crippen molar-refractivity contribution in [2.75, 3.05) is 24.3 Å². The fourth-order valence-corrected chi connectivity index (χ4v) is 6.15. The van der Waals surface area contributed by atoms with Crippen molar-refractivity contribution in [3.05, 3.63) is 34.5 Å². The molecule has 36 heavy (non-hydrogen) atoms. The number of rotatable bonds is 12. The summed E-state index contributed by atoms with van der Waals surface area (Å²) in [5, 5.41) is 12.4. The van der Waals surface area contributed by atoms with Crippen LogP contribution in [0, 0.1) is 12.8 Å². The van der Waals surface area contributed by atoms with E-state index >= 15 is 0 Å². The molecule has 9 nitrogen and oxygen atoms in total. The molecule has 1 fully saturated rings. The van der Waals surface area contributed by atoms with Crippen LogP contribution in [0.2, 0.25) is 0 Å². The summed E-state index contributed by atoms with van der Waals surface area (Å²) in [5.74, 6) is 0.134. The van der Waals surface area contributed by atoms with E-state index in [0.717, 1.165) is 23.6 Å². The minimum atomic E-state index is -0.595. The van der Waals surface area contributed by atoms with Crippen LogP contribution in [0.5, 0.6) is 0 Å². The van der Waals surface area contributed by atoms with Crippen LogP contribution >= 0.6 is 23.1 Å². The Balaban J connectivity index is 1.72. The summed E-state index contributed by atoms with van der Waals surface area (Å²) >= 11 is 2.28. The Kier molecular flexibility index (Phi) is 10.5. The zero-order chi connectivity index (χ0) is 26.1. The van der Waals surface area contributed by atoms with Crippen molar-refractivity contribution in [2.24, 2.45) is 5.92 Å². The Hall–Kier alpha value is -2.66. The van der Waals surface area contributed by atoms with Gasteiger partial charge in [0.15, 0.2) is 5.16 Å². The van der Waals surface area contributed by atoms with Crippen LogP contribution in [0.1, 0.15) is 77.4 Å². The second-order valence-corrected chi connectivity index (χ2v) is 10.5. The smallest absolute Gasteiger partial charge is 0.348 e. The molecule has 0 aliphatic heterocycles. The van der Waals surface area contributed by atoms with Crippen molar-refractivity contribution in [3.63, 3.8) is 0 Å². The Labute approximate surface area is 220 Å². The first-order chi connectivity index (χ1) is 17.4. The first-order valence-electron chi connectivity index (χ1n) is 12.3. The van der Waals surface area contributed by atoms with E-state index in [9.17, 15) is 14.4 Å². The molecule has 1 aliphatic carbocycles. The summed E-state index contributed by atoms with van der Waals surface area (Å²) in [4.78, 5) is 38.0. The van der Waals surface area contributed by atoms with Crippen molar-refractivity contribution >= 4 is 45.9 Å². The van der Waals surface area contributed by atoms with Gasteiger partial charge in [0, 0.05) is 13.0 Å². The molecule has 0 atom stereocenters. The first-order valence-corrected chi connectivity index (χ1v) is 14.1. The van der Waals surface area contributed by atoms with Crippen LogP contribution in [0.25, 0.3) is 0 Å². The molecule has 0 aromatic carbocycles. The number of carbonyl (C=O) groups excluding carboxylic acids is 3. The van der Waals surface area contributed by atoms with Gasteiger partial charge in [-0.2, -0.15) is 0 Å². The summed E-state index contributed by atoms with van der Waals surface area (Å²) in [6.45, 7) is 9.85. The number of allylic oxidation sites excluding steroid dienone is 1. The van der Waals surface area contributed by atoms with Gasteiger partial charge in [0.05, 0.1) is 24.5 Å². The number of ether oxygens (including phenoxy) is 2. The van der Waals surface area contributed by atoms with Crippen LogP contribution in [-0.2, 0) is 27.2 Å². The summed E-state index contributed by atoms with van der Waals surface area (Å²) < 4.78 is 12.3. The monoisotopic (exact) mass is 534 g/mol. The molecule has 0 bridgehead atoms. The Morgan fingerprint density at radius 3 is 2.50 bits per heavy atom. The van der Waals surface area contributed by atoms with E-state index in [4.69, 9.17) is 9.47 Å². The molecule has 0 radical (unpaired) electrons. The van der Waals surface area contributed by atoms with Crippen molar-refractivity contribution in [1.29, 1.82) is 0 Å². The third-order valence-corrected chi connectivity index (χ3v) is 8.13. The second kappa shape index (κ2) is 13.6. The number of nitrogens with zero attached hydrogens (tertiary/aromatic N) is 3. The second-order valence-electron chi connectivity index (χ2n) is 8.54. The number of thiophene rings is 1. The highest BCUT2D eigenvalue weighted by Crippen LogP contribution is 2.35. The minimum absolute atomic E-state index is 0.0622. The topological polar surface area (TPSA) is 112 Å². The van der Waals surface area contributed by atoms with Gasteiger partial charge in [0.1, 0.15) is 15.7 Å². The number of nitrogens with one attached hydrogen (secondary N) is 1. The van der Waals surface area contributed by atoms with Crippen LogP contribution < -0.4 is 5.32 Å². The molecule has 3 rings (SSSR count). The van der Waals surface area contributed by atoms with Crippen molar-refractivity contribution in [2.45, 2.75) is 71.0 Å². The zero-order valence-electron chi connectivity index (χ0n) is 21.1. The fraction of sp³-hybridized carbons (Fsp3) is 0.560. The van der Waals surface area contributed by atoms with Gasteiger partial charge in [-0.05, 0) is 32.3 Å². The molecule has 196 valence electrons. The molecule has 0 spiro atoms. The third kappa shape index (κ3) is 6.97. The van der Waals surface area contributed by atoms with Crippen molar-refractivity contribution < 1.29 is 23.9 Å². The molecule has 1 aliphatic rings. The lowest BCUT2D eigenvalue weighted by molar-refractivity contribution is -0.113. The predicted octanol–water partition coefficient (Wildman–Crippen LogP) is 5.04. The molecule has 0 saturated heterocycles. The molecule has 0 unspecified atom stereocenters. The molecule has 2 aromatic heterocycles. The standard InChI is InChI=1S/C25H34N4O5S2/c1-5-13-29-18(14-17-11-9-8-10-12-17)27-28-25(29)35-15-19(30)26-22-20(23(31)33-6-2)16(4)21(36-22)24(32)34-7-3/h5,17H,1,6-15H2,2-4H3,(H,26,30). The number of hydrogen-bond acceptors (Lipinski definition) is 9. The molecule has 2 heterocycles. The summed E-state index contributed by atoms with van der Waals surface area (Å²) in [5.41, 5.74) is 0.603. The third-order valence-electron chi connectivity index (χ3n) is 5.97. The average molecular weight is 535 g/mol. The lowest BCUT2D eigenvalue weighted by atomic mass is 9.87. The highest BCUT2D eigenvalue weighted by atomic mass is 32.2. The van der Waals surface area contributed by atoms with Gasteiger partial charge in [-0.25, -0.2) is 9.59 Å². The minimum Gasteiger partial charge on any atom is -0.462 e. The average Bonchev–Trinajstić information content (AvgIpc) is 3.39. The van der Waals surface area contributed by atoms with E-state index in [1.807, 2.05) is 4.57 Å². The maximum Gasteiger partial charge on any atom is 0.348 e. The van der Waals surface area contributed by atoms with Gasteiger partial charge >= 0.3 is 11.9 Å². The molecule has 1 amide bonds. The highest BCUT2D eigenvalue weighted by molar-refractivity contribution is 7.99. The van der Waals surface area contributed by atoms with E-state index in [0.29, 0.717) is 23.2 Å². The largest absolute Gasteiger partial charge is 0.462 e. The number of amides is 1. The molecule has 1 N–H and O–H groups in total. The Morgan fingerprint density at radius 1 is 1.14 bits per heavy atom. The van der Waals surface area contributed by atoms with E-state index in [-0.39, 0.29) is 40.3 Å². The summed E-state index contributed by atoms with van der Waals surface area (Å²) in [6.07, 6.45) is 8.92. The van der Waals surface area contributed by atoms with Crippen molar-refractivity contribution in [1.82, 2.24) is 14.8 Å². The fourth-order valence-electron chi connectivity index (χ4n) is 4.27. The van der Waals surface area contributed by atoms with Crippen molar-refractivity contribution in [3.8, 4) is 0 Å². The molecular weight excluding hydrogens is 500 g/mol. The summed E-state index contributed by atoms with van der Waals surface area (Å²) in [6, 6.07) is 0. The lowest BCUT2D eigenvalue weighted by Gasteiger charge is -2.21. The van der Waals surface area contributed by atoms with Crippen LogP contribution in [0.4, 0.5) is 5.00 Å². The van der Waals surface area contributed by atoms with Gasteiger partial charge in [0.25, 0.3) is 0 Å². The number of aromatic nitrogens is 3. The molecule has 1 saturated carbocycles. The number of esters is 2. The number of thioether (sulfide) groups is 1. The SMILES string of the molecule is C=CCn1c(CC2CCCCC2)nnc1SCC(=O)Nc1sc(C(=O)OCC)c(C)c1C(=O)OCC. The molecular formula is C25H34N4O5S2. The van der Waals surface area contributed by atoms with Gasteiger partial charge in [-0.3, -0.25) is 4.79 Å². The lowest BCUT2D eigenvalue weighted by Crippen LogP contribution is -2.17. The Bertz CT molecular complexity index is 1090. The number of carbonyl (C=O) groups is 3. The summed E-state index contributed by atoms with van der Waals surface area (Å²) in [7, 11) is 0. The van der Waals surface area contributed by atoms with E-state index in [2.05, 4.69) is 22.1 Å². The number of anilines is 1. The van der Waals surface area contributed by atoms with Crippen LogP contribution in [0.3, 0.4) is 0 Å². The van der Waals surface area contributed by atoms with Crippen LogP contribution in [0.15, 0.2) is 17.8 Å². The number of hydrogen-bond donors (Lipinski definition) is 1. The predicted molar refractivity (Wildman–Crippen MR) is 141 cm³/mol. The van der Waals surface area contributed by atoms with Crippen LogP contribution in [-0.4, -0.2) is 51.6 Å². The molecule has 11 heteroatoms. The maximum atomic E-state index is 12.9. The van der Waals surface area contributed by atoms with E-state index in [1.165, 1.54) is 43.9 Å². The zero-order valence-corrected chi connectivity index (χ0v) is 22.8. The van der Waals surface area contributed by atoms with E-state index in [1.54, 1.807) is 26.8 Å².